The van der Waals surface area contributed by atoms with E-state index in [-0.39, 0.29) is 5.92 Å². The molecular formula is C7H16N2O2. The van der Waals surface area contributed by atoms with Gasteiger partial charge in [0.1, 0.15) is 0 Å². The molecule has 0 aromatic rings. The molecule has 0 saturated carbocycles. The quantitative estimate of drug-likeness (QED) is 0.491. The standard InChI is InChI=1S/C7H16N2O2/c1-3-9-5-6(4-8-2)7(10)11/h6,8-9H,3-5H2,1-2H3,(H,10,11). The average Bonchev–Trinajstić information content (AvgIpc) is 1.97. The van der Waals surface area contributed by atoms with Crippen LogP contribution in [0.15, 0.2) is 0 Å². The van der Waals surface area contributed by atoms with Crippen LogP contribution in [0.3, 0.4) is 0 Å². The first-order valence-corrected chi connectivity index (χ1v) is 3.80. The molecule has 4 heteroatoms. The maximum Gasteiger partial charge on any atom is 0.309 e. The van der Waals surface area contributed by atoms with E-state index in [9.17, 15) is 4.79 Å². The van der Waals surface area contributed by atoms with Crippen LogP contribution in [0, 0.1) is 5.92 Å². The minimum Gasteiger partial charge on any atom is -0.481 e. The molecule has 0 amide bonds. The lowest BCUT2D eigenvalue weighted by molar-refractivity contribution is -0.141. The third-order valence-corrected chi connectivity index (χ3v) is 1.44. The van der Waals surface area contributed by atoms with Crippen molar-refractivity contribution in [2.45, 2.75) is 6.92 Å². The maximum atomic E-state index is 10.5. The number of hydrogen-bond donors (Lipinski definition) is 3. The van der Waals surface area contributed by atoms with E-state index in [0.717, 1.165) is 6.54 Å². The van der Waals surface area contributed by atoms with Crippen LogP contribution in [-0.4, -0.2) is 37.8 Å². The number of hydrogen-bond acceptors (Lipinski definition) is 3. The summed E-state index contributed by atoms with van der Waals surface area (Å²) in [6.45, 7) is 3.82. The van der Waals surface area contributed by atoms with Crippen LogP contribution in [0.5, 0.6) is 0 Å². The monoisotopic (exact) mass is 160 g/mol. The van der Waals surface area contributed by atoms with E-state index in [2.05, 4.69) is 10.6 Å². The third kappa shape index (κ3) is 4.75. The largest absolute Gasteiger partial charge is 0.481 e. The van der Waals surface area contributed by atoms with E-state index < -0.39 is 5.97 Å². The highest BCUT2D eigenvalue weighted by molar-refractivity contribution is 5.70. The Labute approximate surface area is 67.0 Å². The van der Waals surface area contributed by atoms with Gasteiger partial charge in [0.05, 0.1) is 5.92 Å². The summed E-state index contributed by atoms with van der Waals surface area (Å²) in [5.41, 5.74) is 0. The van der Waals surface area contributed by atoms with Crippen molar-refractivity contribution in [1.82, 2.24) is 10.6 Å². The summed E-state index contributed by atoms with van der Waals surface area (Å²) in [7, 11) is 1.75. The minimum absolute atomic E-state index is 0.319. The molecule has 0 saturated heterocycles. The number of nitrogens with one attached hydrogen (secondary N) is 2. The van der Waals surface area contributed by atoms with Gasteiger partial charge in [-0.2, -0.15) is 0 Å². The van der Waals surface area contributed by atoms with Gasteiger partial charge >= 0.3 is 5.97 Å². The number of rotatable bonds is 6. The smallest absolute Gasteiger partial charge is 0.309 e. The van der Waals surface area contributed by atoms with Crippen LogP contribution in [0.25, 0.3) is 0 Å². The van der Waals surface area contributed by atoms with E-state index in [1.807, 2.05) is 6.92 Å². The van der Waals surface area contributed by atoms with E-state index in [4.69, 9.17) is 5.11 Å². The first-order chi connectivity index (χ1) is 5.22. The minimum atomic E-state index is -0.750. The van der Waals surface area contributed by atoms with Crippen molar-refractivity contribution in [2.75, 3.05) is 26.7 Å². The Balaban J connectivity index is 3.60. The molecule has 0 radical (unpaired) electrons. The molecule has 0 aromatic heterocycles. The zero-order valence-corrected chi connectivity index (χ0v) is 7.05. The van der Waals surface area contributed by atoms with Crippen molar-refractivity contribution in [2.24, 2.45) is 5.92 Å². The normalized spacial score (nSPS) is 12.9. The molecule has 0 spiro atoms. The summed E-state index contributed by atoms with van der Waals surface area (Å²) < 4.78 is 0. The molecule has 11 heavy (non-hydrogen) atoms. The summed E-state index contributed by atoms with van der Waals surface area (Å²) in [5.74, 6) is -1.07. The molecule has 0 aromatic carbocycles. The number of aliphatic carboxylic acids is 1. The molecule has 0 heterocycles. The fourth-order valence-electron chi connectivity index (χ4n) is 0.812. The van der Waals surface area contributed by atoms with Crippen molar-refractivity contribution in [3.63, 3.8) is 0 Å². The zero-order chi connectivity index (χ0) is 8.69. The molecule has 0 aliphatic carbocycles. The number of carbonyl (C=O) groups is 1. The third-order valence-electron chi connectivity index (χ3n) is 1.44. The first kappa shape index (κ1) is 10.4. The lowest BCUT2D eigenvalue weighted by Crippen LogP contribution is -2.35. The lowest BCUT2D eigenvalue weighted by Gasteiger charge is -2.10. The van der Waals surface area contributed by atoms with Crippen molar-refractivity contribution >= 4 is 5.97 Å². The molecule has 66 valence electrons. The van der Waals surface area contributed by atoms with Gasteiger partial charge in [-0.05, 0) is 13.6 Å². The Morgan fingerprint density at radius 1 is 1.55 bits per heavy atom. The summed E-state index contributed by atoms with van der Waals surface area (Å²) in [6.07, 6.45) is 0. The lowest BCUT2D eigenvalue weighted by atomic mass is 10.1. The van der Waals surface area contributed by atoms with E-state index >= 15 is 0 Å². The Kier molecular flexibility index (Phi) is 5.78. The molecule has 1 unspecified atom stereocenters. The van der Waals surface area contributed by atoms with E-state index in [1.165, 1.54) is 0 Å². The SMILES string of the molecule is CCNCC(CNC)C(=O)O. The van der Waals surface area contributed by atoms with Gasteiger partial charge in [0.25, 0.3) is 0 Å². The zero-order valence-electron chi connectivity index (χ0n) is 7.05. The fourth-order valence-corrected chi connectivity index (χ4v) is 0.812. The van der Waals surface area contributed by atoms with Gasteiger partial charge in [-0.3, -0.25) is 4.79 Å². The average molecular weight is 160 g/mol. The predicted octanol–water partition coefficient (Wildman–Crippen LogP) is -0.484. The van der Waals surface area contributed by atoms with Crippen LogP contribution in [0.2, 0.25) is 0 Å². The second-order valence-electron chi connectivity index (χ2n) is 2.40. The maximum absolute atomic E-state index is 10.5. The van der Waals surface area contributed by atoms with Gasteiger partial charge in [0, 0.05) is 13.1 Å². The molecule has 0 bridgehead atoms. The van der Waals surface area contributed by atoms with Gasteiger partial charge in [-0.15, -0.1) is 0 Å². The summed E-state index contributed by atoms with van der Waals surface area (Å²) in [6, 6.07) is 0. The molecular weight excluding hydrogens is 144 g/mol. The van der Waals surface area contributed by atoms with Gasteiger partial charge in [-0.25, -0.2) is 0 Å². The fraction of sp³-hybridized carbons (Fsp3) is 0.857. The molecule has 4 nitrogen and oxygen atoms in total. The summed E-state index contributed by atoms with van der Waals surface area (Å²) in [5, 5.41) is 14.5. The van der Waals surface area contributed by atoms with Crippen molar-refractivity contribution in [3.05, 3.63) is 0 Å². The topological polar surface area (TPSA) is 61.4 Å². The van der Waals surface area contributed by atoms with E-state index in [1.54, 1.807) is 7.05 Å². The Bertz CT molecular complexity index is 117. The van der Waals surface area contributed by atoms with Gasteiger partial charge in [-0.1, -0.05) is 6.92 Å². The highest BCUT2D eigenvalue weighted by Crippen LogP contribution is 1.91. The predicted molar refractivity (Wildman–Crippen MR) is 43.6 cm³/mol. The van der Waals surface area contributed by atoms with Crippen LogP contribution < -0.4 is 10.6 Å². The molecule has 1 atom stereocenters. The highest BCUT2D eigenvalue weighted by Gasteiger charge is 2.14. The van der Waals surface area contributed by atoms with E-state index in [0.29, 0.717) is 13.1 Å². The number of carboxylic acids is 1. The molecule has 3 N–H and O–H groups in total. The Morgan fingerprint density at radius 3 is 2.55 bits per heavy atom. The molecule has 0 aliphatic rings. The van der Waals surface area contributed by atoms with Crippen molar-refractivity contribution in [3.8, 4) is 0 Å². The molecule has 0 rings (SSSR count). The summed E-state index contributed by atoms with van der Waals surface area (Å²) >= 11 is 0. The second-order valence-corrected chi connectivity index (χ2v) is 2.40. The Hall–Kier alpha value is -0.610. The number of carboxylic acid groups (broad SMARTS) is 1. The van der Waals surface area contributed by atoms with Crippen LogP contribution in [0.4, 0.5) is 0 Å². The molecule has 0 aliphatic heterocycles. The van der Waals surface area contributed by atoms with Crippen LogP contribution in [0.1, 0.15) is 6.92 Å². The van der Waals surface area contributed by atoms with Crippen molar-refractivity contribution < 1.29 is 9.90 Å². The first-order valence-electron chi connectivity index (χ1n) is 3.80. The summed E-state index contributed by atoms with van der Waals surface area (Å²) in [4.78, 5) is 10.5. The van der Waals surface area contributed by atoms with Crippen LogP contribution in [-0.2, 0) is 4.79 Å². The Morgan fingerprint density at radius 2 is 2.18 bits per heavy atom. The molecule has 0 fully saturated rings. The van der Waals surface area contributed by atoms with Crippen molar-refractivity contribution in [1.29, 1.82) is 0 Å². The van der Waals surface area contributed by atoms with Gasteiger partial charge < -0.3 is 15.7 Å². The second kappa shape index (κ2) is 6.12. The van der Waals surface area contributed by atoms with Gasteiger partial charge in [0.15, 0.2) is 0 Å². The van der Waals surface area contributed by atoms with Crippen LogP contribution >= 0.6 is 0 Å². The highest BCUT2D eigenvalue weighted by atomic mass is 16.4. The van der Waals surface area contributed by atoms with Gasteiger partial charge in [0.2, 0.25) is 0 Å².